The molecular formula is C12H26O3S2. The average Bonchev–Trinajstić information content (AvgIpc) is 2.32. The third-order valence-electron chi connectivity index (χ3n) is 2.29. The second kappa shape index (κ2) is 13.0. The van der Waals surface area contributed by atoms with Gasteiger partial charge in [-0.05, 0) is 24.9 Å². The van der Waals surface area contributed by atoms with E-state index in [1.165, 1.54) is 6.42 Å². The number of aliphatic hydroxyl groups is 2. The van der Waals surface area contributed by atoms with Gasteiger partial charge in [0.1, 0.15) is 0 Å². The van der Waals surface area contributed by atoms with Crippen molar-refractivity contribution in [3.63, 3.8) is 0 Å². The summed E-state index contributed by atoms with van der Waals surface area (Å²) in [4.78, 5) is 0. The molecule has 0 aromatic carbocycles. The first kappa shape index (κ1) is 17.6. The Morgan fingerprint density at radius 2 is 1.71 bits per heavy atom. The minimum Gasteiger partial charge on any atom is -0.390 e. The summed E-state index contributed by atoms with van der Waals surface area (Å²) in [6.45, 7) is 3.81. The molecule has 0 amide bonds. The lowest BCUT2D eigenvalue weighted by Crippen LogP contribution is -2.30. The van der Waals surface area contributed by atoms with Gasteiger partial charge < -0.3 is 14.9 Å². The van der Waals surface area contributed by atoms with Crippen molar-refractivity contribution in [2.45, 2.75) is 38.4 Å². The van der Waals surface area contributed by atoms with Crippen LogP contribution in [0.3, 0.4) is 0 Å². The highest BCUT2D eigenvalue weighted by Crippen LogP contribution is 2.10. The largest absolute Gasteiger partial charge is 0.390 e. The number of aliphatic hydroxyl groups excluding tert-OH is 2. The Hall–Kier alpha value is 0.580. The molecular weight excluding hydrogens is 256 g/mol. The Labute approximate surface area is 114 Å². The fraction of sp³-hybridized carbons (Fsp3) is 1.00. The molecule has 0 aliphatic carbocycles. The molecule has 0 heterocycles. The molecule has 104 valence electrons. The van der Waals surface area contributed by atoms with Gasteiger partial charge in [-0.3, -0.25) is 0 Å². The summed E-state index contributed by atoms with van der Waals surface area (Å²) in [6, 6.07) is 0. The van der Waals surface area contributed by atoms with Crippen molar-refractivity contribution in [2.75, 3.05) is 36.7 Å². The van der Waals surface area contributed by atoms with Crippen molar-refractivity contribution in [1.29, 1.82) is 0 Å². The molecule has 0 fully saturated rings. The van der Waals surface area contributed by atoms with E-state index in [0.29, 0.717) is 11.5 Å². The summed E-state index contributed by atoms with van der Waals surface area (Å²) < 4.78 is 5.44. The molecule has 2 atom stereocenters. The van der Waals surface area contributed by atoms with Gasteiger partial charge in [-0.25, -0.2) is 0 Å². The molecule has 5 heteroatoms. The maximum Gasteiger partial charge on any atom is 0.0897 e. The van der Waals surface area contributed by atoms with Gasteiger partial charge >= 0.3 is 0 Å². The van der Waals surface area contributed by atoms with Gasteiger partial charge in [-0.1, -0.05) is 13.3 Å². The van der Waals surface area contributed by atoms with Crippen LogP contribution in [0.5, 0.6) is 0 Å². The summed E-state index contributed by atoms with van der Waals surface area (Å²) in [5.74, 6) is 2.19. The number of unbranched alkanes of at least 4 members (excludes halogenated alkanes) is 1. The zero-order valence-electron chi connectivity index (χ0n) is 10.9. The summed E-state index contributed by atoms with van der Waals surface area (Å²) >= 11 is 3.23. The number of rotatable bonds is 12. The molecule has 2 N–H and O–H groups in total. The van der Waals surface area contributed by atoms with Gasteiger partial charge in [-0.2, -0.15) is 23.5 Å². The van der Waals surface area contributed by atoms with Crippen LogP contribution in [0.25, 0.3) is 0 Å². The predicted octanol–water partition coefficient (Wildman–Crippen LogP) is 2.01. The first-order valence-corrected chi connectivity index (χ1v) is 8.77. The van der Waals surface area contributed by atoms with E-state index in [9.17, 15) is 10.2 Å². The van der Waals surface area contributed by atoms with Crippen LogP contribution < -0.4 is 0 Å². The van der Waals surface area contributed by atoms with Crippen molar-refractivity contribution < 1.29 is 14.9 Å². The molecule has 0 aliphatic heterocycles. The molecule has 0 aromatic heterocycles. The van der Waals surface area contributed by atoms with Crippen LogP contribution >= 0.6 is 23.5 Å². The van der Waals surface area contributed by atoms with Crippen molar-refractivity contribution in [3.05, 3.63) is 0 Å². The first-order valence-electron chi connectivity index (χ1n) is 6.22. The lowest BCUT2D eigenvalue weighted by Gasteiger charge is -2.16. The molecule has 3 nitrogen and oxygen atoms in total. The zero-order valence-corrected chi connectivity index (χ0v) is 12.6. The van der Waals surface area contributed by atoms with Gasteiger partial charge in [0.25, 0.3) is 0 Å². The van der Waals surface area contributed by atoms with Crippen molar-refractivity contribution in [3.8, 4) is 0 Å². The van der Waals surface area contributed by atoms with Crippen LogP contribution in [-0.2, 0) is 4.74 Å². The van der Waals surface area contributed by atoms with Crippen LogP contribution in [0, 0.1) is 0 Å². The number of thioether (sulfide) groups is 2. The van der Waals surface area contributed by atoms with Gasteiger partial charge in [0.05, 0.1) is 12.2 Å². The highest BCUT2D eigenvalue weighted by molar-refractivity contribution is 7.99. The van der Waals surface area contributed by atoms with E-state index in [1.54, 1.807) is 23.5 Å². The third-order valence-corrected chi connectivity index (χ3v) is 4.12. The fourth-order valence-corrected chi connectivity index (χ4v) is 2.72. The van der Waals surface area contributed by atoms with Crippen LogP contribution in [0.15, 0.2) is 0 Å². The fourth-order valence-electron chi connectivity index (χ4n) is 1.21. The molecule has 17 heavy (non-hydrogen) atoms. The van der Waals surface area contributed by atoms with Crippen molar-refractivity contribution >= 4 is 23.5 Å². The van der Waals surface area contributed by atoms with Crippen molar-refractivity contribution in [2.24, 2.45) is 0 Å². The van der Waals surface area contributed by atoms with E-state index >= 15 is 0 Å². The molecule has 0 aromatic rings. The van der Waals surface area contributed by atoms with E-state index in [1.807, 2.05) is 6.26 Å². The number of hydrogen-bond acceptors (Lipinski definition) is 5. The van der Waals surface area contributed by atoms with Gasteiger partial charge in [0.15, 0.2) is 0 Å². The normalized spacial score (nSPS) is 14.8. The van der Waals surface area contributed by atoms with E-state index in [0.717, 1.165) is 31.8 Å². The average molecular weight is 282 g/mol. The Morgan fingerprint density at radius 3 is 2.35 bits per heavy atom. The van der Waals surface area contributed by atoms with E-state index in [-0.39, 0.29) is 0 Å². The molecule has 0 saturated heterocycles. The molecule has 0 rings (SSSR count). The highest BCUT2D eigenvalue weighted by atomic mass is 32.2. The maximum absolute atomic E-state index is 9.61. The maximum atomic E-state index is 9.61. The van der Waals surface area contributed by atoms with Gasteiger partial charge in [0.2, 0.25) is 0 Å². The smallest absolute Gasteiger partial charge is 0.0897 e. The zero-order chi connectivity index (χ0) is 12.9. The predicted molar refractivity (Wildman–Crippen MR) is 78.1 cm³/mol. The molecule has 2 unspecified atom stereocenters. The Kier molecular flexibility index (Phi) is 13.5. The summed E-state index contributed by atoms with van der Waals surface area (Å²) in [5.41, 5.74) is 0. The first-order chi connectivity index (χ1) is 8.22. The summed E-state index contributed by atoms with van der Waals surface area (Å²) in [6.07, 6.45) is 4.05. The lowest BCUT2D eigenvalue weighted by molar-refractivity contribution is 0.0500. The molecule has 0 bridgehead atoms. The van der Waals surface area contributed by atoms with Gasteiger partial charge in [-0.15, -0.1) is 0 Å². The van der Waals surface area contributed by atoms with Crippen LogP contribution in [-0.4, -0.2) is 59.1 Å². The third kappa shape index (κ3) is 11.4. The van der Waals surface area contributed by atoms with Crippen molar-refractivity contribution in [1.82, 2.24) is 0 Å². The monoisotopic (exact) mass is 282 g/mol. The molecule has 0 aliphatic rings. The molecule has 0 spiro atoms. The Bertz CT molecular complexity index is 159. The van der Waals surface area contributed by atoms with Gasteiger partial charge in [0, 0.05) is 24.7 Å². The standard InChI is InChI=1S/C12H26O3S2/c1-3-4-6-15-7-5-8-17-10-12(14)11(13)9-16-2/h11-14H,3-10H2,1-2H3. The quantitative estimate of drug-likeness (QED) is 0.536. The second-order valence-electron chi connectivity index (χ2n) is 3.98. The SMILES string of the molecule is CCCCOCCCSCC(O)C(O)CSC. The Morgan fingerprint density at radius 1 is 1.06 bits per heavy atom. The molecule has 0 radical (unpaired) electrons. The van der Waals surface area contributed by atoms with Crippen LogP contribution in [0.1, 0.15) is 26.2 Å². The van der Waals surface area contributed by atoms with Crippen LogP contribution in [0.2, 0.25) is 0 Å². The summed E-state index contributed by atoms with van der Waals surface area (Å²) in [5, 5.41) is 19.1. The molecule has 0 saturated carbocycles. The highest BCUT2D eigenvalue weighted by Gasteiger charge is 2.14. The topological polar surface area (TPSA) is 49.7 Å². The van der Waals surface area contributed by atoms with E-state index < -0.39 is 12.2 Å². The number of hydrogen-bond donors (Lipinski definition) is 2. The second-order valence-corrected chi connectivity index (χ2v) is 6.04. The summed E-state index contributed by atoms with van der Waals surface area (Å²) in [7, 11) is 0. The minimum atomic E-state index is -0.603. The minimum absolute atomic E-state index is 0.599. The van der Waals surface area contributed by atoms with Crippen LogP contribution in [0.4, 0.5) is 0 Å². The van der Waals surface area contributed by atoms with E-state index in [2.05, 4.69) is 6.92 Å². The number of ether oxygens (including phenoxy) is 1. The van der Waals surface area contributed by atoms with E-state index in [4.69, 9.17) is 4.74 Å². The Balaban J connectivity index is 3.21. The lowest BCUT2D eigenvalue weighted by atomic mass is 10.3.